The van der Waals surface area contributed by atoms with Crippen LogP contribution in [0.15, 0.2) is 23.1 Å². The molecule has 1 rings (SSSR count). The van der Waals surface area contributed by atoms with Crippen molar-refractivity contribution in [2.75, 3.05) is 24.2 Å². The lowest BCUT2D eigenvalue weighted by molar-refractivity contribution is 0.597. The van der Waals surface area contributed by atoms with Crippen LogP contribution >= 0.6 is 0 Å². The van der Waals surface area contributed by atoms with E-state index in [0.29, 0.717) is 11.6 Å². The highest BCUT2D eigenvalue weighted by molar-refractivity contribution is 7.89. The molecule has 0 fully saturated rings. The van der Waals surface area contributed by atoms with E-state index in [9.17, 15) is 8.42 Å². The van der Waals surface area contributed by atoms with Gasteiger partial charge in [-0.2, -0.15) is 0 Å². The molecule has 0 spiro atoms. The fourth-order valence-corrected chi connectivity index (χ4v) is 2.23. The number of sulfonamides is 1. The molecule has 4 N–H and O–H groups in total. The first-order chi connectivity index (χ1) is 7.70. The first-order valence-corrected chi connectivity index (χ1v) is 6.89. The molecule has 17 heavy (non-hydrogen) atoms. The Morgan fingerprint density at radius 1 is 1.29 bits per heavy atom. The first kappa shape index (κ1) is 13.8. The van der Waals surface area contributed by atoms with Crippen LogP contribution < -0.4 is 15.8 Å². The second-order valence-corrected chi connectivity index (χ2v) is 6.14. The lowest BCUT2D eigenvalue weighted by Crippen LogP contribution is -2.23. The summed E-state index contributed by atoms with van der Waals surface area (Å²) in [6.45, 7) is 4.99. The molecule has 1 aromatic carbocycles. The summed E-state index contributed by atoms with van der Waals surface area (Å²) in [6.07, 6.45) is 0. The van der Waals surface area contributed by atoms with Gasteiger partial charge in [-0.1, -0.05) is 13.8 Å². The number of primary sulfonamides is 1. The number of nitrogens with two attached hydrogens (primary N) is 2. The van der Waals surface area contributed by atoms with Crippen LogP contribution in [0.4, 0.5) is 11.4 Å². The van der Waals surface area contributed by atoms with Crippen LogP contribution in [-0.4, -0.2) is 22.0 Å². The van der Waals surface area contributed by atoms with Crippen LogP contribution in [0.1, 0.15) is 13.8 Å². The second-order valence-electron chi connectivity index (χ2n) is 4.58. The molecule has 0 bridgehead atoms. The fourth-order valence-electron chi connectivity index (χ4n) is 1.64. The minimum Gasteiger partial charge on any atom is -0.399 e. The predicted octanol–water partition coefficient (Wildman–Crippen LogP) is 1.01. The van der Waals surface area contributed by atoms with Crippen molar-refractivity contribution in [3.63, 3.8) is 0 Å². The molecule has 0 aliphatic carbocycles. The minimum absolute atomic E-state index is 0.0445. The molecular weight excluding hydrogens is 238 g/mol. The topological polar surface area (TPSA) is 89.4 Å². The van der Waals surface area contributed by atoms with Gasteiger partial charge in [0.25, 0.3) is 0 Å². The van der Waals surface area contributed by atoms with Gasteiger partial charge in [0.1, 0.15) is 0 Å². The molecule has 0 saturated carbocycles. The van der Waals surface area contributed by atoms with Crippen LogP contribution in [0.2, 0.25) is 0 Å². The van der Waals surface area contributed by atoms with Gasteiger partial charge >= 0.3 is 0 Å². The molecule has 0 atom stereocenters. The highest BCUT2D eigenvalue weighted by Gasteiger charge is 2.12. The van der Waals surface area contributed by atoms with Crippen molar-refractivity contribution in [3.8, 4) is 0 Å². The highest BCUT2D eigenvalue weighted by atomic mass is 32.2. The smallest absolute Gasteiger partial charge is 0.238 e. The monoisotopic (exact) mass is 257 g/mol. The average molecular weight is 257 g/mol. The fraction of sp³-hybridized carbons (Fsp3) is 0.455. The highest BCUT2D eigenvalue weighted by Crippen LogP contribution is 2.22. The summed E-state index contributed by atoms with van der Waals surface area (Å²) in [5, 5.41) is 5.09. The van der Waals surface area contributed by atoms with Crippen molar-refractivity contribution < 1.29 is 8.42 Å². The standard InChI is InChI=1S/C11H19N3O2S/c1-8(2)7-14(3)10-4-9(12)5-11(6-10)17(13,15)16/h4-6,8H,7,12H2,1-3H3,(H2,13,15,16). The van der Waals surface area contributed by atoms with Crippen LogP contribution in [-0.2, 0) is 10.0 Å². The molecule has 0 radical (unpaired) electrons. The Balaban J connectivity index is 3.14. The molecule has 0 amide bonds. The summed E-state index contributed by atoms with van der Waals surface area (Å²) in [7, 11) is -1.83. The number of nitrogen functional groups attached to an aromatic ring is 1. The van der Waals surface area contributed by atoms with E-state index in [4.69, 9.17) is 10.9 Å². The summed E-state index contributed by atoms with van der Waals surface area (Å²) in [5.74, 6) is 0.472. The van der Waals surface area contributed by atoms with Gasteiger partial charge in [0, 0.05) is 25.0 Å². The number of anilines is 2. The van der Waals surface area contributed by atoms with E-state index >= 15 is 0 Å². The first-order valence-electron chi connectivity index (χ1n) is 5.34. The maximum atomic E-state index is 11.3. The third kappa shape index (κ3) is 3.90. The van der Waals surface area contributed by atoms with E-state index < -0.39 is 10.0 Å². The summed E-state index contributed by atoms with van der Waals surface area (Å²) in [6, 6.07) is 4.63. The maximum absolute atomic E-state index is 11.3. The number of rotatable bonds is 4. The summed E-state index contributed by atoms with van der Waals surface area (Å²) < 4.78 is 22.6. The molecule has 0 aliphatic heterocycles. The van der Waals surface area contributed by atoms with Crippen LogP contribution in [0.3, 0.4) is 0 Å². The number of hydrogen-bond acceptors (Lipinski definition) is 4. The van der Waals surface area contributed by atoms with Crippen LogP contribution in [0.25, 0.3) is 0 Å². The van der Waals surface area contributed by atoms with Crippen molar-refractivity contribution in [2.24, 2.45) is 11.1 Å². The predicted molar refractivity (Wildman–Crippen MR) is 70.3 cm³/mol. The van der Waals surface area contributed by atoms with Gasteiger partial charge in [-0.15, -0.1) is 0 Å². The van der Waals surface area contributed by atoms with Gasteiger partial charge in [-0.05, 0) is 24.1 Å². The summed E-state index contributed by atoms with van der Waals surface area (Å²) >= 11 is 0. The Morgan fingerprint density at radius 3 is 2.35 bits per heavy atom. The summed E-state index contributed by atoms with van der Waals surface area (Å²) in [4.78, 5) is 2.00. The largest absolute Gasteiger partial charge is 0.399 e. The van der Waals surface area contributed by atoms with Crippen molar-refractivity contribution in [3.05, 3.63) is 18.2 Å². The minimum atomic E-state index is -3.72. The Bertz CT molecular complexity index is 497. The normalized spacial score (nSPS) is 11.8. The molecule has 96 valence electrons. The molecule has 0 aromatic heterocycles. The number of hydrogen-bond donors (Lipinski definition) is 2. The second kappa shape index (κ2) is 4.93. The molecule has 0 heterocycles. The van der Waals surface area contributed by atoms with E-state index in [1.54, 1.807) is 6.07 Å². The van der Waals surface area contributed by atoms with Crippen LogP contribution in [0, 0.1) is 5.92 Å². The molecule has 6 heteroatoms. The van der Waals surface area contributed by atoms with E-state index in [2.05, 4.69) is 13.8 Å². The Morgan fingerprint density at radius 2 is 1.88 bits per heavy atom. The quantitative estimate of drug-likeness (QED) is 0.788. The SMILES string of the molecule is CC(C)CN(C)c1cc(N)cc(S(N)(=O)=O)c1. The van der Waals surface area contributed by atoms with E-state index in [1.807, 2.05) is 11.9 Å². The Kier molecular flexibility index (Phi) is 4.00. The van der Waals surface area contributed by atoms with Crippen molar-refractivity contribution in [2.45, 2.75) is 18.7 Å². The number of benzene rings is 1. The molecule has 0 unspecified atom stereocenters. The van der Waals surface area contributed by atoms with E-state index in [1.165, 1.54) is 12.1 Å². The molecule has 5 nitrogen and oxygen atoms in total. The third-order valence-corrected chi connectivity index (χ3v) is 3.21. The van der Waals surface area contributed by atoms with E-state index in [0.717, 1.165) is 12.2 Å². The average Bonchev–Trinajstić information content (AvgIpc) is 2.14. The van der Waals surface area contributed by atoms with E-state index in [-0.39, 0.29) is 4.90 Å². The van der Waals surface area contributed by atoms with Crippen molar-refractivity contribution >= 4 is 21.4 Å². The molecule has 0 saturated heterocycles. The molecule has 0 aliphatic rings. The van der Waals surface area contributed by atoms with Gasteiger partial charge in [0.15, 0.2) is 0 Å². The third-order valence-electron chi connectivity index (χ3n) is 2.32. The van der Waals surface area contributed by atoms with Crippen LogP contribution in [0.5, 0.6) is 0 Å². The zero-order valence-electron chi connectivity index (χ0n) is 10.3. The lowest BCUT2D eigenvalue weighted by atomic mass is 10.2. The maximum Gasteiger partial charge on any atom is 0.238 e. The zero-order valence-corrected chi connectivity index (χ0v) is 11.2. The van der Waals surface area contributed by atoms with Gasteiger partial charge in [0.2, 0.25) is 10.0 Å². The van der Waals surface area contributed by atoms with Crippen molar-refractivity contribution in [1.29, 1.82) is 0 Å². The number of nitrogens with zero attached hydrogens (tertiary/aromatic N) is 1. The van der Waals surface area contributed by atoms with Crippen molar-refractivity contribution in [1.82, 2.24) is 0 Å². The lowest BCUT2D eigenvalue weighted by Gasteiger charge is -2.22. The Labute approximate surface area is 102 Å². The molecule has 1 aromatic rings. The Hall–Kier alpha value is -1.27. The van der Waals surface area contributed by atoms with Gasteiger partial charge in [-0.25, -0.2) is 13.6 Å². The van der Waals surface area contributed by atoms with Gasteiger partial charge in [-0.3, -0.25) is 0 Å². The van der Waals surface area contributed by atoms with Gasteiger partial charge in [0.05, 0.1) is 4.90 Å². The summed E-state index contributed by atoms with van der Waals surface area (Å²) in [5.41, 5.74) is 6.82. The molecular formula is C11H19N3O2S. The van der Waals surface area contributed by atoms with Gasteiger partial charge < -0.3 is 10.6 Å². The zero-order chi connectivity index (χ0) is 13.2.